The van der Waals surface area contributed by atoms with Gasteiger partial charge in [-0.3, -0.25) is 10.1 Å². The minimum Gasteiger partial charge on any atom is -0.351 e. The molecule has 0 radical (unpaired) electrons. The molecule has 2 heterocycles. The van der Waals surface area contributed by atoms with Crippen LogP contribution in [0.15, 0.2) is 30.6 Å². The number of anilines is 3. The van der Waals surface area contributed by atoms with Crippen molar-refractivity contribution in [2.24, 2.45) is 0 Å². The van der Waals surface area contributed by atoms with Crippen molar-refractivity contribution in [1.29, 1.82) is 0 Å². The molecule has 1 aliphatic rings. The molecule has 1 N–H and O–H groups in total. The molecule has 1 fully saturated rings. The molecular formula is C18H23N5O2. The third kappa shape index (κ3) is 3.87. The Kier molecular flexibility index (Phi) is 5.11. The summed E-state index contributed by atoms with van der Waals surface area (Å²) in [6.45, 7) is 5.84. The second-order valence-corrected chi connectivity index (χ2v) is 6.60. The van der Waals surface area contributed by atoms with E-state index in [0.717, 1.165) is 38.0 Å². The Morgan fingerprint density at radius 3 is 2.40 bits per heavy atom. The molecule has 1 aliphatic heterocycles. The predicted molar refractivity (Wildman–Crippen MR) is 98.6 cm³/mol. The monoisotopic (exact) mass is 341 g/mol. The van der Waals surface area contributed by atoms with Gasteiger partial charge in [0.25, 0.3) is 0 Å². The number of hydrogen-bond donors (Lipinski definition) is 1. The smallest absolute Gasteiger partial charge is 0.351 e. The summed E-state index contributed by atoms with van der Waals surface area (Å²) in [5, 5.41) is 14.8. The summed E-state index contributed by atoms with van der Waals surface area (Å²) in [4.78, 5) is 21.6. The Bertz CT molecular complexity index is 740. The number of benzene rings is 1. The summed E-state index contributed by atoms with van der Waals surface area (Å²) in [7, 11) is 0. The Hall–Kier alpha value is -2.70. The van der Waals surface area contributed by atoms with Crippen molar-refractivity contribution in [3.05, 3.63) is 46.3 Å². The van der Waals surface area contributed by atoms with E-state index in [1.54, 1.807) is 0 Å². The summed E-state index contributed by atoms with van der Waals surface area (Å²) in [6, 6.07) is 7.88. The zero-order chi connectivity index (χ0) is 17.8. The van der Waals surface area contributed by atoms with Crippen molar-refractivity contribution in [1.82, 2.24) is 9.97 Å². The molecule has 25 heavy (non-hydrogen) atoms. The molecule has 0 spiro atoms. The number of hydrogen-bond acceptors (Lipinski definition) is 6. The van der Waals surface area contributed by atoms with Crippen LogP contribution < -0.4 is 10.2 Å². The van der Waals surface area contributed by atoms with Crippen molar-refractivity contribution in [2.45, 2.75) is 39.0 Å². The van der Waals surface area contributed by atoms with Crippen LogP contribution in [0, 0.1) is 10.1 Å². The van der Waals surface area contributed by atoms with Gasteiger partial charge < -0.3 is 10.2 Å². The lowest BCUT2D eigenvalue weighted by atomic mass is 10.0. The Morgan fingerprint density at radius 2 is 1.80 bits per heavy atom. The highest BCUT2D eigenvalue weighted by molar-refractivity contribution is 5.74. The van der Waals surface area contributed by atoms with Gasteiger partial charge in [-0.1, -0.05) is 26.0 Å². The third-order valence-corrected chi connectivity index (χ3v) is 4.48. The highest BCUT2D eigenvalue weighted by Crippen LogP contribution is 2.34. The van der Waals surface area contributed by atoms with Crippen molar-refractivity contribution in [2.75, 3.05) is 23.3 Å². The fraction of sp³-hybridized carbons (Fsp3) is 0.444. The van der Waals surface area contributed by atoms with E-state index in [0.29, 0.717) is 11.7 Å². The number of nitro groups is 1. The first-order valence-corrected chi connectivity index (χ1v) is 8.67. The average molecular weight is 341 g/mol. The van der Waals surface area contributed by atoms with Crippen molar-refractivity contribution < 1.29 is 4.92 Å². The van der Waals surface area contributed by atoms with Gasteiger partial charge >= 0.3 is 5.69 Å². The Morgan fingerprint density at radius 1 is 1.12 bits per heavy atom. The molecule has 132 valence electrons. The highest BCUT2D eigenvalue weighted by Gasteiger charge is 2.27. The SMILES string of the molecule is CC(C)c1ccc(Nc2ncnc(N3CCCCC3)c2[N+](=O)[O-])cc1. The molecule has 7 nitrogen and oxygen atoms in total. The normalized spacial score (nSPS) is 14.6. The molecule has 0 aliphatic carbocycles. The molecule has 1 saturated heterocycles. The van der Waals surface area contributed by atoms with Crippen LogP contribution in [-0.2, 0) is 0 Å². The van der Waals surface area contributed by atoms with Crippen molar-refractivity contribution in [3.63, 3.8) is 0 Å². The van der Waals surface area contributed by atoms with Crippen LogP contribution in [0.3, 0.4) is 0 Å². The molecule has 1 aromatic heterocycles. The van der Waals surface area contributed by atoms with Gasteiger partial charge in [0.1, 0.15) is 6.33 Å². The van der Waals surface area contributed by atoms with Crippen LogP contribution in [0.2, 0.25) is 0 Å². The van der Waals surface area contributed by atoms with Gasteiger partial charge in [0.15, 0.2) is 0 Å². The van der Waals surface area contributed by atoms with Crippen LogP contribution in [0.5, 0.6) is 0 Å². The summed E-state index contributed by atoms with van der Waals surface area (Å²) < 4.78 is 0. The van der Waals surface area contributed by atoms with Crippen LogP contribution in [0.25, 0.3) is 0 Å². The Labute approximate surface area is 147 Å². The number of aromatic nitrogens is 2. The van der Waals surface area contributed by atoms with E-state index in [1.807, 2.05) is 29.2 Å². The summed E-state index contributed by atoms with van der Waals surface area (Å²) >= 11 is 0. The quantitative estimate of drug-likeness (QED) is 0.647. The van der Waals surface area contributed by atoms with Crippen LogP contribution in [0.4, 0.5) is 23.0 Å². The molecule has 0 saturated carbocycles. The molecule has 3 rings (SSSR count). The molecule has 0 amide bonds. The fourth-order valence-electron chi connectivity index (χ4n) is 3.05. The zero-order valence-electron chi connectivity index (χ0n) is 14.6. The molecule has 7 heteroatoms. The van der Waals surface area contributed by atoms with E-state index in [-0.39, 0.29) is 11.5 Å². The van der Waals surface area contributed by atoms with E-state index in [4.69, 9.17) is 0 Å². The van der Waals surface area contributed by atoms with Crippen molar-refractivity contribution in [3.8, 4) is 0 Å². The van der Waals surface area contributed by atoms with Gasteiger partial charge in [-0.15, -0.1) is 0 Å². The van der Waals surface area contributed by atoms with E-state index in [1.165, 1.54) is 11.9 Å². The standard InChI is InChI=1S/C18H23N5O2/c1-13(2)14-6-8-15(9-7-14)21-17-16(23(24)25)18(20-12-19-17)22-10-4-3-5-11-22/h6-9,12-13H,3-5,10-11H2,1-2H3,(H,19,20,21). The maximum Gasteiger partial charge on any atom is 0.353 e. The van der Waals surface area contributed by atoms with Gasteiger partial charge in [0, 0.05) is 18.8 Å². The number of piperidine rings is 1. The Balaban J connectivity index is 1.91. The van der Waals surface area contributed by atoms with E-state index in [9.17, 15) is 10.1 Å². The van der Waals surface area contributed by atoms with E-state index < -0.39 is 4.92 Å². The van der Waals surface area contributed by atoms with E-state index >= 15 is 0 Å². The first kappa shape index (κ1) is 17.1. The second kappa shape index (κ2) is 7.46. The lowest BCUT2D eigenvalue weighted by molar-refractivity contribution is -0.383. The molecule has 0 atom stereocenters. The molecule has 1 aromatic carbocycles. The molecule has 0 bridgehead atoms. The fourth-order valence-corrected chi connectivity index (χ4v) is 3.05. The topological polar surface area (TPSA) is 84.2 Å². The van der Waals surface area contributed by atoms with Crippen LogP contribution >= 0.6 is 0 Å². The molecular weight excluding hydrogens is 318 g/mol. The minimum absolute atomic E-state index is 0.0580. The first-order chi connectivity index (χ1) is 12.1. The lowest BCUT2D eigenvalue weighted by Gasteiger charge is -2.27. The summed E-state index contributed by atoms with van der Waals surface area (Å²) in [5.74, 6) is 1.08. The number of nitrogens with zero attached hydrogens (tertiary/aromatic N) is 4. The van der Waals surface area contributed by atoms with Crippen LogP contribution in [0.1, 0.15) is 44.6 Å². The number of nitrogens with one attached hydrogen (secondary N) is 1. The second-order valence-electron chi connectivity index (χ2n) is 6.60. The summed E-state index contributed by atoms with van der Waals surface area (Å²) in [6.07, 6.45) is 4.60. The first-order valence-electron chi connectivity index (χ1n) is 8.67. The van der Waals surface area contributed by atoms with Gasteiger partial charge in [-0.2, -0.15) is 0 Å². The van der Waals surface area contributed by atoms with Crippen molar-refractivity contribution >= 4 is 23.0 Å². The van der Waals surface area contributed by atoms with E-state index in [2.05, 4.69) is 29.1 Å². The molecule has 0 unspecified atom stereocenters. The largest absolute Gasteiger partial charge is 0.353 e. The lowest BCUT2D eigenvalue weighted by Crippen LogP contribution is -2.31. The maximum absolute atomic E-state index is 11.7. The minimum atomic E-state index is -0.394. The van der Waals surface area contributed by atoms with Gasteiger partial charge in [0.05, 0.1) is 4.92 Å². The summed E-state index contributed by atoms with van der Waals surface area (Å²) in [5.41, 5.74) is 1.94. The van der Waals surface area contributed by atoms with Gasteiger partial charge in [-0.05, 0) is 42.9 Å². The van der Waals surface area contributed by atoms with Crippen LogP contribution in [-0.4, -0.2) is 28.0 Å². The highest BCUT2D eigenvalue weighted by atomic mass is 16.6. The third-order valence-electron chi connectivity index (χ3n) is 4.48. The average Bonchev–Trinajstić information content (AvgIpc) is 2.62. The van der Waals surface area contributed by atoms with Gasteiger partial charge in [0.2, 0.25) is 11.6 Å². The maximum atomic E-state index is 11.7. The molecule has 2 aromatic rings. The predicted octanol–water partition coefficient (Wildman–Crippen LogP) is 4.24. The zero-order valence-corrected chi connectivity index (χ0v) is 14.6. The number of rotatable bonds is 5. The van der Waals surface area contributed by atoms with Gasteiger partial charge in [-0.25, -0.2) is 9.97 Å².